The van der Waals surface area contributed by atoms with Crippen molar-refractivity contribution in [3.05, 3.63) is 66.5 Å². The molecule has 2 heterocycles. The molecule has 0 radical (unpaired) electrons. The average Bonchev–Trinajstić information content (AvgIpc) is 3.22. The first-order chi connectivity index (χ1) is 14.2. The van der Waals surface area contributed by atoms with E-state index in [9.17, 15) is 4.79 Å². The van der Waals surface area contributed by atoms with E-state index in [0.717, 1.165) is 48.5 Å². The number of nitrogens with zero attached hydrogens (tertiary/aromatic N) is 3. The van der Waals surface area contributed by atoms with Crippen molar-refractivity contribution in [2.45, 2.75) is 12.1 Å². The summed E-state index contributed by atoms with van der Waals surface area (Å²) in [5.74, 6) is 0.251. The van der Waals surface area contributed by atoms with Gasteiger partial charge in [0.05, 0.1) is 19.0 Å². The third-order valence-corrected chi connectivity index (χ3v) is 5.71. The maximum absolute atomic E-state index is 12.4. The number of carbonyl (C=O) groups is 1. The second-order valence-corrected chi connectivity index (χ2v) is 7.84. The van der Waals surface area contributed by atoms with E-state index in [1.54, 1.807) is 6.20 Å². The number of thioether (sulfide) groups is 1. The zero-order valence-electron chi connectivity index (χ0n) is 16.4. The first-order valence-electron chi connectivity index (χ1n) is 9.65. The first kappa shape index (κ1) is 19.5. The van der Waals surface area contributed by atoms with E-state index in [4.69, 9.17) is 4.74 Å². The lowest BCUT2D eigenvalue weighted by Crippen LogP contribution is -2.36. The number of hydrogen-bond acceptors (Lipinski definition) is 5. The van der Waals surface area contributed by atoms with Gasteiger partial charge in [-0.3, -0.25) is 9.36 Å². The fourth-order valence-corrected chi connectivity index (χ4v) is 4.05. The Balaban J connectivity index is 1.33. The number of rotatable bonds is 6. The van der Waals surface area contributed by atoms with Gasteiger partial charge in [0.2, 0.25) is 5.91 Å². The lowest BCUT2D eigenvalue weighted by atomic mass is 10.2. The molecule has 1 fully saturated rings. The van der Waals surface area contributed by atoms with Crippen LogP contribution < -0.4 is 10.2 Å². The molecule has 1 amide bonds. The van der Waals surface area contributed by atoms with Crippen LogP contribution in [0.25, 0.3) is 5.69 Å². The smallest absolute Gasteiger partial charge is 0.234 e. The number of amides is 1. The molecular formula is C22H24N4O2S. The van der Waals surface area contributed by atoms with Crippen molar-refractivity contribution in [2.24, 2.45) is 0 Å². The van der Waals surface area contributed by atoms with E-state index in [2.05, 4.69) is 34.3 Å². The third-order valence-electron chi connectivity index (χ3n) is 4.75. The van der Waals surface area contributed by atoms with Gasteiger partial charge in [-0.25, -0.2) is 4.98 Å². The molecule has 1 aromatic heterocycles. The highest BCUT2D eigenvalue weighted by molar-refractivity contribution is 7.99. The number of anilines is 2. The zero-order valence-corrected chi connectivity index (χ0v) is 17.2. The summed E-state index contributed by atoms with van der Waals surface area (Å²) in [7, 11) is 0. The van der Waals surface area contributed by atoms with E-state index in [1.165, 1.54) is 17.3 Å². The summed E-state index contributed by atoms with van der Waals surface area (Å²) in [6.07, 6.45) is 3.67. The fraction of sp³-hybridized carbons (Fsp3) is 0.273. The minimum Gasteiger partial charge on any atom is -0.378 e. The standard InChI is InChI=1S/C22H24N4O2S/c1-17-3-2-4-20(15-17)26-10-9-23-22(26)29-16-21(27)24-18-5-7-19(8-6-18)25-11-13-28-14-12-25/h2-10,15H,11-14,16H2,1H3,(H,24,27). The highest BCUT2D eigenvalue weighted by Gasteiger charge is 2.12. The second-order valence-electron chi connectivity index (χ2n) is 6.90. The molecule has 1 N–H and O–H groups in total. The molecule has 1 aliphatic heterocycles. The normalized spacial score (nSPS) is 14.0. The van der Waals surface area contributed by atoms with Gasteiger partial charge in [0.1, 0.15) is 0 Å². The number of aromatic nitrogens is 2. The Labute approximate surface area is 174 Å². The summed E-state index contributed by atoms with van der Waals surface area (Å²) < 4.78 is 7.39. The first-order valence-corrected chi connectivity index (χ1v) is 10.6. The molecule has 29 heavy (non-hydrogen) atoms. The average molecular weight is 409 g/mol. The summed E-state index contributed by atoms with van der Waals surface area (Å²) in [5.41, 5.74) is 4.19. The maximum atomic E-state index is 12.4. The molecule has 2 aromatic carbocycles. The van der Waals surface area contributed by atoms with Gasteiger partial charge in [0, 0.05) is 42.5 Å². The van der Waals surface area contributed by atoms with E-state index in [1.807, 2.05) is 47.2 Å². The van der Waals surface area contributed by atoms with Gasteiger partial charge >= 0.3 is 0 Å². The second kappa shape index (κ2) is 9.15. The molecule has 0 unspecified atom stereocenters. The van der Waals surface area contributed by atoms with Crippen molar-refractivity contribution in [1.82, 2.24) is 9.55 Å². The third kappa shape index (κ3) is 4.99. The van der Waals surface area contributed by atoms with E-state index in [0.29, 0.717) is 5.75 Å². The number of morpholine rings is 1. The molecule has 1 aliphatic rings. The monoisotopic (exact) mass is 408 g/mol. The van der Waals surface area contributed by atoms with E-state index < -0.39 is 0 Å². The van der Waals surface area contributed by atoms with Crippen LogP contribution in [0.3, 0.4) is 0 Å². The number of hydrogen-bond donors (Lipinski definition) is 1. The molecule has 0 aliphatic carbocycles. The van der Waals surface area contributed by atoms with Crippen LogP contribution in [-0.2, 0) is 9.53 Å². The van der Waals surface area contributed by atoms with E-state index >= 15 is 0 Å². The van der Waals surface area contributed by atoms with Crippen LogP contribution in [0.1, 0.15) is 5.56 Å². The van der Waals surface area contributed by atoms with Crippen LogP contribution in [0.2, 0.25) is 0 Å². The number of imidazole rings is 1. The van der Waals surface area contributed by atoms with Gasteiger partial charge in [-0.05, 0) is 48.9 Å². The molecule has 0 saturated carbocycles. The van der Waals surface area contributed by atoms with E-state index in [-0.39, 0.29) is 5.91 Å². The number of ether oxygens (including phenoxy) is 1. The van der Waals surface area contributed by atoms with Gasteiger partial charge in [0.15, 0.2) is 5.16 Å². The van der Waals surface area contributed by atoms with Gasteiger partial charge < -0.3 is 15.0 Å². The Morgan fingerprint density at radius 3 is 2.69 bits per heavy atom. The van der Waals surface area contributed by atoms with Crippen LogP contribution in [0, 0.1) is 6.92 Å². The van der Waals surface area contributed by atoms with Gasteiger partial charge in [-0.15, -0.1) is 0 Å². The molecule has 150 valence electrons. The van der Waals surface area contributed by atoms with Crippen molar-refractivity contribution in [2.75, 3.05) is 42.3 Å². The topological polar surface area (TPSA) is 59.4 Å². The molecule has 4 rings (SSSR count). The predicted octanol–water partition coefficient (Wildman–Crippen LogP) is 3.75. The molecule has 0 bridgehead atoms. The molecule has 0 spiro atoms. The molecule has 0 atom stereocenters. The number of nitrogens with one attached hydrogen (secondary N) is 1. The summed E-state index contributed by atoms with van der Waals surface area (Å²) in [4.78, 5) is 19.1. The summed E-state index contributed by atoms with van der Waals surface area (Å²) in [6.45, 7) is 5.37. The van der Waals surface area contributed by atoms with Crippen LogP contribution in [0.5, 0.6) is 0 Å². The lowest BCUT2D eigenvalue weighted by Gasteiger charge is -2.28. The summed E-state index contributed by atoms with van der Waals surface area (Å²) in [6, 6.07) is 16.2. The van der Waals surface area contributed by atoms with Gasteiger partial charge in [-0.1, -0.05) is 23.9 Å². The fourth-order valence-electron chi connectivity index (χ4n) is 3.28. The van der Waals surface area contributed by atoms with Gasteiger partial charge in [-0.2, -0.15) is 0 Å². The lowest BCUT2D eigenvalue weighted by molar-refractivity contribution is -0.113. The van der Waals surface area contributed by atoms with Crippen LogP contribution in [0.15, 0.2) is 66.1 Å². The number of carbonyl (C=O) groups excluding carboxylic acids is 1. The molecular weight excluding hydrogens is 384 g/mol. The Kier molecular flexibility index (Phi) is 6.17. The Morgan fingerprint density at radius 1 is 1.14 bits per heavy atom. The van der Waals surface area contributed by atoms with Crippen molar-refractivity contribution in [1.29, 1.82) is 0 Å². The number of benzene rings is 2. The minimum atomic E-state index is -0.0482. The molecule has 6 nitrogen and oxygen atoms in total. The van der Waals surface area contributed by atoms with Gasteiger partial charge in [0.25, 0.3) is 0 Å². The Bertz CT molecular complexity index is 965. The molecule has 3 aromatic rings. The Morgan fingerprint density at radius 2 is 1.93 bits per heavy atom. The van der Waals surface area contributed by atoms with Crippen molar-refractivity contribution < 1.29 is 9.53 Å². The van der Waals surface area contributed by atoms with Crippen LogP contribution >= 0.6 is 11.8 Å². The molecule has 7 heteroatoms. The SMILES string of the molecule is Cc1cccc(-n2ccnc2SCC(=O)Nc2ccc(N3CCOCC3)cc2)c1. The zero-order chi connectivity index (χ0) is 20.1. The van der Waals surface area contributed by atoms with Crippen molar-refractivity contribution in [3.8, 4) is 5.69 Å². The molecule has 1 saturated heterocycles. The quantitative estimate of drug-likeness (QED) is 0.630. The highest BCUT2D eigenvalue weighted by atomic mass is 32.2. The van der Waals surface area contributed by atoms with Crippen molar-refractivity contribution >= 4 is 29.0 Å². The Hall–Kier alpha value is -2.77. The maximum Gasteiger partial charge on any atom is 0.234 e. The highest BCUT2D eigenvalue weighted by Crippen LogP contribution is 2.22. The summed E-state index contributed by atoms with van der Waals surface area (Å²) >= 11 is 1.43. The predicted molar refractivity (Wildman–Crippen MR) is 117 cm³/mol. The summed E-state index contributed by atoms with van der Waals surface area (Å²) in [5, 5.41) is 3.76. The largest absolute Gasteiger partial charge is 0.378 e. The minimum absolute atomic E-state index is 0.0482. The van der Waals surface area contributed by atoms with Crippen LogP contribution in [0.4, 0.5) is 11.4 Å². The number of aryl methyl sites for hydroxylation is 1. The van der Waals surface area contributed by atoms with Crippen molar-refractivity contribution in [3.63, 3.8) is 0 Å². The van der Waals surface area contributed by atoms with Crippen LogP contribution in [-0.4, -0.2) is 47.5 Å².